The van der Waals surface area contributed by atoms with E-state index in [4.69, 9.17) is 4.74 Å². The number of hydrogen-bond acceptors (Lipinski definition) is 2. The Morgan fingerprint density at radius 2 is 1.61 bits per heavy atom. The summed E-state index contributed by atoms with van der Waals surface area (Å²) in [4.78, 5) is 2.30. The van der Waals surface area contributed by atoms with E-state index in [1.165, 1.54) is 27.2 Å². The van der Waals surface area contributed by atoms with Gasteiger partial charge in [-0.1, -0.05) is 89.8 Å². The van der Waals surface area contributed by atoms with E-state index >= 15 is 0 Å². The number of ether oxygens (including phenoxy) is 1. The average molecular weight is 456 g/mol. The van der Waals surface area contributed by atoms with Gasteiger partial charge in [-0.3, -0.25) is 0 Å². The lowest BCUT2D eigenvalue weighted by molar-refractivity contribution is 0.368. The highest BCUT2D eigenvalue weighted by molar-refractivity contribution is 6.98. The first-order valence-electron chi connectivity index (χ1n) is 11.6. The topological polar surface area (TPSA) is 12.5 Å². The zero-order chi connectivity index (χ0) is 23.9. The lowest BCUT2D eigenvalue weighted by atomic mass is 10.1. The van der Waals surface area contributed by atoms with Gasteiger partial charge in [0, 0.05) is 19.8 Å². The first-order valence-corrected chi connectivity index (χ1v) is 17.6. The van der Waals surface area contributed by atoms with Gasteiger partial charge in [-0.25, -0.2) is 0 Å². The molecule has 1 unspecified atom stereocenters. The molecule has 0 N–H and O–H groups in total. The van der Waals surface area contributed by atoms with E-state index in [2.05, 4.69) is 112 Å². The molecule has 0 radical (unpaired) electrons. The molecule has 1 aromatic rings. The Balaban J connectivity index is 2.87. The maximum atomic E-state index is 6.56. The van der Waals surface area contributed by atoms with Crippen LogP contribution in [0.5, 0.6) is 5.75 Å². The van der Waals surface area contributed by atoms with Crippen molar-refractivity contribution in [2.75, 3.05) is 20.7 Å². The van der Waals surface area contributed by atoms with Crippen molar-refractivity contribution in [2.24, 2.45) is 5.92 Å². The number of benzene rings is 1. The minimum atomic E-state index is -2.02. The Morgan fingerprint density at radius 1 is 1.06 bits per heavy atom. The van der Waals surface area contributed by atoms with Gasteiger partial charge in [0.2, 0.25) is 0 Å². The summed E-state index contributed by atoms with van der Waals surface area (Å²) >= 11 is 0. The van der Waals surface area contributed by atoms with Crippen LogP contribution in [0.1, 0.15) is 40.2 Å². The normalized spacial score (nSPS) is 17.7. The van der Waals surface area contributed by atoms with Crippen LogP contribution in [0.4, 0.5) is 0 Å². The van der Waals surface area contributed by atoms with Crippen molar-refractivity contribution >= 4 is 26.5 Å². The smallest absolute Gasteiger partial charge is 0.118 e. The molecule has 0 saturated carbocycles. The molecule has 0 bridgehead atoms. The molecular formula is C27H45NOSi2. The fraction of sp³-hybridized carbons (Fsp3) is 0.556. The molecule has 1 aliphatic rings. The van der Waals surface area contributed by atoms with E-state index in [-0.39, 0.29) is 5.04 Å². The number of hydrogen-bond donors (Lipinski definition) is 0. The molecule has 2 rings (SSSR count). The molecule has 0 aromatic heterocycles. The second-order valence-electron chi connectivity index (χ2n) is 11.6. The van der Waals surface area contributed by atoms with Crippen LogP contribution >= 0.6 is 0 Å². The predicted octanol–water partition coefficient (Wildman–Crippen LogP) is 6.14. The first-order chi connectivity index (χ1) is 14.1. The van der Waals surface area contributed by atoms with Crippen LogP contribution in [0.15, 0.2) is 47.3 Å². The Morgan fingerprint density at radius 3 is 2.10 bits per heavy atom. The summed E-state index contributed by atoms with van der Waals surface area (Å²) in [6.07, 6.45) is 4.27. The van der Waals surface area contributed by atoms with E-state index in [0.717, 1.165) is 5.75 Å². The van der Waals surface area contributed by atoms with E-state index in [1.54, 1.807) is 5.20 Å². The summed E-state index contributed by atoms with van der Waals surface area (Å²) < 4.78 is 6.56. The third-order valence-corrected chi connectivity index (χ3v) is 16.9. The van der Waals surface area contributed by atoms with Gasteiger partial charge in [0.15, 0.2) is 0 Å². The summed E-state index contributed by atoms with van der Waals surface area (Å²) in [7, 11) is 0.523. The highest BCUT2D eigenvalue weighted by atomic mass is 28.3. The number of nitrogens with zero attached hydrogens (tertiary/aromatic N) is 1. The van der Waals surface area contributed by atoms with Crippen LogP contribution in [-0.2, 0) is 0 Å². The summed E-state index contributed by atoms with van der Waals surface area (Å²) in [5, 5.41) is 4.76. The van der Waals surface area contributed by atoms with Crippen LogP contribution < -0.4 is 15.1 Å². The molecule has 0 amide bonds. The van der Waals surface area contributed by atoms with Crippen LogP contribution in [0.3, 0.4) is 0 Å². The van der Waals surface area contributed by atoms with E-state index in [1.807, 2.05) is 6.08 Å². The average Bonchev–Trinajstić information content (AvgIpc) is 2.94. The van der Waals surface area contributed by atoms with Crippen LogP contribution in [-0.4, -0.2) is 41.7 Å². The molecular weight excluding hydrogens is 410 g/mol. The van der Waals surface area contributed by atoms with Gasteiger partial charge in [0.1, 0.15) is 20.4 Å². The third kappa shape index (κ3) is 4.66. The van der Waals surface area contributed by atoms with Gasteiger partial charge in [0.05, 0.1) is 8.07 Å². The maximum absolute atomic E-state index is 6.56. The molecule has 0 saturated heterocycles. The standard InChI is InChI=1S/C27H45NOSi2/c1-14-15-29-25-23(16-19(2)17-24(25)31(12,13)27(5,6)7)30(10,11)26-21(4)20(3)18-22(26)28(8)9/h14,16-18,21H,1,15H2,2-13H3. The van der Waals surface area contributed by atoms with E-state index in [0.29, 0.717) is 12.5 Å². The first kappa shape index (κ1) is 25.7. The molecule has 4 heteroatoms. The third-order valence-electron chi connectivity index (χ3n) is 7.71. The molecule has 0 spiro atoms. The van der Waals surface area contributed by atoms with Gasteiger partial charge in [-0.2, -0.15) is 0 Å². The zero-order valence-corrected chi connectivity index (χ0v) is 24.2. The number of rotatable bonds is 7. The number of aryl methyl sites for hydroxylation is 1. The Kier molecular flexibility index (Phi) is 7.29. The molecule has 0 fully saturated rings. The molecule has 1 aliphatic carbocycles. The monoisotopic (exact) mass is 455 g/mol. The van der Waals surface area contributed by atoms with Crippen LogP contribution in [0.25, 0.3) is 0 Å². The maximum Gasteiger partial charge on any atom is 0.118 e. The van der Waals surface area contributed by atoms with Gasteiger partial charge in [0.25, 0.3) is 0 Å². The SMILES string of the molecule is C=CCOc1c([Si](C)(C)C2=C(N(C)C)C=C(C)C2C)cc(C)cc1[Si](C)(C)C(C)(C)C. The highest BCUT2D eigenvalue weighted by Gasteiger charge is 2.44. The summed E-state index contributed by atoms with van der Waals surface area (Å²) in [5.41, 5.74) is 4.21. The predicted molar refractivity (Wildman–Crippen MR) is 144 cm³/mol. The largest absolute Gasteiger partial charge is 0.490 e. The Bertz CT molecular complexity index is 914. The van der Waals surface area contributed by atoms with Crippen molar-refractivity contribution in [3.05, 3.63) is 52.9 Å². The van der Waals surface area contributed by atoms with Crippen molar-refractivity contribution in [1.82, 2.24) is 4.90 Å². The lowest BCUT2D eigenvalue weighted by Gasteiger charge is -2.41. The minimum absolute atomic E-state index is 0.239. The molecule has 172 valence electrons. The fourth-order valence-electron chi connectivity index (χ4n) is 4.65. The molecule has 0 aliphatic heterocycles. The van der Waals surface area contributed by atoms with E-state index < -0.39 is 16.1 Å². The van der Waals surface area contributed by atoms with Crippen molar-refractivity contribution in [3.63, 3.8) is 0 Å². The van der Waals surface area contributed by atoms with Gasteiger partial charge in [-0.05, 0) is 46.4 Å². The number of likely N-dealkylation sites (N-methyl/N-ethyl adjacent to an activating group) is 1. The quantitative estimate of drug-likeness (QED) is 0.361. The highest BCUT2D eigenvalue weighted by Crippen LogP contribution is 2.41. The molecule has 0 heterocycles. The van der Waals surface area contributed by atoms with Crippen molar-refractivity contribution in [1.29, 1.82) is 0 Å². The molecule has 2 nitrogen and oxygen atoms in total. The zero-order valence-electron chi connectivity index (χ0n) is 22.2. The van der Waals surface area contributed by atoms with Crippen LogP contribution in [0.2, 0.25) is 31.2 Å². The summed E-state index contributed by atoms with van der Waals surface area (Å²) in [6, 6.07) is 4.83. The molecule has 31 heavy (non-hydrogen) atoms. The lowest BCUT2D eigenvalue weighted by Crippen LogP contribution is -2.55. The van der Waals surface area contributed by atoms with Gasteiger partial charge in [-0.15, -0.1) is 0 Å². The van der Waals surface area contributed by atoms with Crippen LogP contribution in [0, 0.1) is 12.8 Å². The minimum Gasteiger partial charge on any atom is -0.490 e. The van der Waals surface area contributed by atoms with Crippen molar-refractivity contribution in [3.8, 4) is 5.75 Å². The Labute approximate surface area is 194 Å². The van der Waals surface area contributed by atoms with Gasteiger partial charge < -0.3 is 9.64 Å². The molecule has 1 aromatic carbocycles. The summed E-state index contributed by atoms with van der Waals surface area (Å²) in [6.45, 7) is 28.6. The van der Waals surface area contributed by atoms with Crippen molar-refractivity contribution < 1.29 is 4.74 Å². The molecule has 1 atom stereocenters. The Hall–Kier alpha value is -1.53. The van der Waals surface area contributed by atoms with Crippen molar-refractivity contribution in [2.45, 2.75) is 72.8 Å². The van der Waals surface area contributed by atoms with E-state index in [9.17, 15) is 0 Å². The second-order valence-corrected chi connectivity index (χ2v) is 21.2. The second kappa shape index (κ2) is 8.78. The number of allylic oxidation sites excluding steroid dienone is 3. The summed E-state index contributed by atoms with van der Waals surface area (Å²) in [5.74, 6) is 1.62. The fourth-order valence-corrected chi connectivity index (χ4v) is 10.8. The van der Waals surface area contributed by atoms with Gasteiger partial charge >= 0.3 is 0 Å².